The first-order chi connectivity index (χ1) is 10.7. The minimum atomic E-state index is -3.74. The summed E-state index contributed by atoms with van der Waals surface area (Å²) in [4.78, 5) is 13.8. The Hall–Kier alpha value is -1.42. The van der Waals surface area contributed by atoms with E-state index in [0.29, 0.717) is 0 Å². The van der Waals surface area contributed by atoms with Gasteiger partial charge >= 0.3 is 0 Å². The molecule has 1 aliphatic heterocycles. The normalized spacial score (nSPS) is 17.8. The Kier molecular flexibility index (Phi) is 5.45. The van der Waals surface area contributed by atoms with Crippen molar-refractivity contribution in [3.63, 3.8) is 0 Å². The van der Waals surface area contributed by atoms with Crippen molar-refractivity contribution in [3.8, 4) is 5.75 Å². The van der Waals surface area contributed by atoms with Crippen LogP contribution in [0.3, 0.4) is 0 Å². The molecule has 0 saturated carbocycles. The van der Waals surface area contributed by atoms with Gasteiger partial charge in [0.1, 0.15) is 11.6 Å². The molecule has 2 N–H and O–H groups in total. The summed E-state index contributed by atoms with van der Waals surface area (Å²) in [5.41, 5.74) is 0. The molecule has 1 unspecified atom stereocenters. The molecule has 1 heterocycles. The van der Waals surface area contributed by atoms with Crippen molar-refractivity contribution >= 4 is 27.7 Å². The van der Waals surface area contributed by atoms with E-state index in [-0.39, 0.29) is 42.9 Å². The second kappa shape index (κ2) is 7.00. The fourth-order valence-electron chi connectivity index (χ4n) is 2.23. The third-order valence-corrected chi connectivity index (χ3v) is 4.84. The molecule has 23 heavy (non-hydrogen) atoms. The lowest BCUT2D eigenvalue weighted by Gasteiger charge is -2.34. The highest BCUT2D eigenvalue weighted by atomic mass is 35.5. The Bertz CT molecular complexity index is 692. The molecule has 1 amide bonds. The fraction of sp³-hybridized carbons (Fsp3) is 0.462. The van der Waals surface area contributed by atoms with Crippen LogP contribution in [0.1, 0.15) is 6.92 Å². The van der Waals surface area contributed by atoms with Crippen LogP contribution in [0.5, 0.6) is 5.75 Å². The molecule has 1 atom stereocenters. The molecule has 0 aliphatic carbocycles. The number of carbonyl (C=O) groups excluding carboxylic acids is 1. The molecule has 128 valence electrons. The number of amides is 1. The van der Waals surface area contributed by atoms with Gasteiger partial charge in [-0.15, -0.1) is 0 Å². The summed E-state index contributed by atoms with van der Waals surface area (Å²) in [7, 11) is -3.74. The van der Waals surface area contributed by atoms with E-state index in [9.17, 15) is 17.6 Å². The van der Waals surface area contributed by atoms with Crippen molar-refractivity contribution in [2.24, 2.45) is 5.14 Å². The summed E-state index contributed by atoms with van der Waals surface area (Å²) in [5, 5.41) is 5.12. The molecule has 1 aromatic carbocycles. The van der Waals surface area contributed by atoms with E-state index in [1.807, 2.05) is 0 Å². The molecule has 0 spiro atoms. The Balaban J connectivity index is 1.95. The van der Waals surface area contributed by atoms with Gasteiger partial charge in [-0.3, -0.25) is 4.79 Å². The lowest BCUT2D eigenvalue weighted by Crippen LogP contribution is -2.54. The standard InChI is InChI=1S/C13H17ClFN3O4S/c1-9(22-12-3-2-10(15)8-11(12)14)13(19)17-4-6-18(7-5-17)23(16,20)21/h2-3,8-9H,4-7H2,1H3,(H2,16,20,21). The van der Waals surface area contributed by atoms with E-state index < -0.39 is 22.1 Å². The highest BCUT2D eigenvalue weighted by Crippen LogP contribution is 2.26. The molecular weight excluding hydrogens is 349 g/mol. The van der Waals surface area contributed by atoms with Crippen LogP contribution in [0.15, 0.2) is 18.2 Å². The van der Waals surface area contributed by atoms with Crippen molar-refractivity contribution in [1.82, 2.24) is 9.21 Å². The average molecular weight is 366 g/mol. The van der Waals surface area contributed by atoms with Gasteiger partial charge in [0, 0.05) is 26.2 Å². The zero-order valence-electron chi connectivity index (χ0n) is 12.4. The number of ether oxygens (including phenoxy) is 1. The first-order valence-electron chi connectivity index (χ1n) is 6.87. The first-order valence-corrected chi connectivity index (χ1v) is 8.75. The van der Waals surface area contributed by atoms with Gasteiger partial charge in [0.05, 0.1) is 5.02 Å². The van der Waals surface area contributed by atoms with Gasteiger partial charge in [-0.2, -0.15) is 12.7 Å². The van der Waals surface area contributed by atoms with Crippen LogP contribution < -0.4 is 9.88 Å². The van der Waals surface area contributed by atoms with E-state index in [0.717, 1.165) is 10.4 Å². The van der Waals surface area contributed by atoms with E-state index >= 15 is 0 Å². The Morgan fingerprint density at radius 2 is 1.96 bits per heavy atom. The lowest BCUT2D eigenvalue weighted by atomic mass is 10.2. The predicted octanol–water partition coefficient (Wildman–Crippen LogP) is 0.594. The minimum absolute atomic E-state index is 0.0729. The zero-order valence-corrected chi connectivity index (χ0v) is 14.0. The summed E-state index contributed by atoms with van der Waals surface area (Å²) in [6, 6.07) is 3.63. The van der Waals surface area contributed by atoms with Crippen LogP contribution >= 0.6 is 11.6 Å². The summed E-state index contributed by atoms with van der Waals surface area (Å²) in [6.45, 7) is 2.26. The smallest absolute Gasteiger partial charge is 0.277 e. The third kappa shape index (κ3) is 4.54. The molecular formula is C13H17ClFN3O4S. The molecule has 7 nitrogen and oxygen atoms in total. The predicted molar refractivity (Wildman–Crippen MR) is 82.8 cm³/mol. The van der Waals surface area contributed by atoms with Crippen LogP contribution in [0.25, 0.3) is 0 Å². The number of benzene rings is 1. The summed E-state index contributed by atoms with van der Waals surface area (Å²) >= 11 is 5.86. The van der Waals surface area contributed by atoms with Crippen molar-refractivity contribution in [1.29, 1.82) is 0 Å². The van der Waals surface area contributed by atoms with E-state index in [4.69, 9.17) is 21.5 Å². The maximum atomic E-state index is 13.0. The van der Waals surface area contributed by atoms with E-state index in [1.165, 1.54) is 17.0 Å². The van der Waals surface area contributed by atoms with Crippen molar-refractivity contribution in [2.45, 2.75) is 13.0 Å². The van der Waals surface area contributed by atoms with Crippen LogP contribution in [0.4, 0.5) is 4.39 Å². The first kappa shape index (κ1) is 17.9. The maximum Gasteiger partial charge on any atom is 0.277 e. The second-order valence-corrected chi connectivity index (χ2v) is 7.06. The van der Waals surface area contributed by atoms with Crippen LogP contribution in [0.2, 0.25) is 5.02 Å². The van der Waals surface area contributed by atoms with Crippen molar-refractivity contribution in [3.05, 3.63) is 29.0 Å². The van der Waals surface area contributed by atoms with Crippen LogP contribution in [0, 0.1) is 5.82 Å². The molecule has 2 rings (SSSR count). The number of hydrogen-bond donors (Lipinski definition) is 1. The van der Waals surface area contributed by atoms with Gasteiger partial charge < -0.3 is 9.64 Å². The van der Waals surface area contributed by atoms with E-state index in [1.54, 1.807) is 6.92 Å². The van der Waals surface area contributed by atoms with Crippen molar-refractivity contribution in [2.75, 3.05) is 26.2 Å². The monoisotopic (exact) mass is 365 g/mol. The quantitative estimate of drug-likeness (QED) is 0.845. The van der Waals surface area contributed by atoms with Gasteiger partial charge in [-0.1, -0.05) is 11.6 Å². The van der Waals surface area contributed by atoms with Gasteiger partial charge in [-0.05, 0) is 25.1 Å². The summed E-state index contributed by atoms with van der Waals surface area (Å²) < 4.78 is 42.0. The molecule has 10 heteroatoms. The summed E-state index contributed by atoms with van der Waals surface area (Å²) in [5.74, 6) is -0.600. The molecule has 0 radical (unpaired) electrons. The number of rotatable bonds is 4. The Morgan fingerprint density at radius 1 is 1.35 bits per heavy atom. The molecule has 1 saturated heterocycles. The molecule has 0 bridgehead atoms. The van der Waals surface area contributed by atoms with Gasteiger partial charge in [-0.25, -0.2) is 9.53 Å². The van der Waals surface area contributed by atoms with Gasteiger partial charge in [0.25, 0.3) is 16.1 Å². The largest absolute Gasteiger partial charge is 0.479 e. The number of hydrogen-bond acceptors (Lipinski definition) is 4. The lowest BCUT2D eigenvalue weighted by molar-refractivity contribution is -0.139. The summed E-state index contributed by atoms with van der Waals surface area (Å²) in [6.07, 6.45) is -0.834. The molecule has 1 aromatic rings. The zero-order chi connectivity index (χ0) is 17.2. The number of nitrogens with zero attached hydrogens (tertiary/aromatic N) is 2. The molecule has 1 fully saturated rings. The molecule has 0 aromatic heterocycles. The van der Waals surface area contributed by atoms with Crippen molar-refractivity contribution < 1.29 is 22.3 Å². The maximum absolute atomic E-state index is 13.0. The van der Waals surface area contributed by atoms with Crippen LogP contribution in [-0.4, -0.2) is 55.8 Å². The molecule has 1 aliphatic rings. The highest BCUT2D eigenvalue weighted by molar-refractivity contribution is 7.86. The number of carbonyl (C=O) groups is 1. The van der Waals surface area contributed by atoms with Crippen LogP contribution in [-0.2, 0) is 15.0 Å². The van der Waals surface area contributed by atoms with E-state index in [2.05, 4.69) is 0 Å². The van der Waals surface area contributed by atoms with Gasteiger partial charge in [0.15, 0.2) is 6.10 Å². The second-order valence-electron chi connectivity index (χ2n) is 5.10. The fourth-order valence-corrected chi connectivity index (χ4v) is 3.12. The third-order valence-electron chi connectivity index (χ3n) is 3.46. The highest BCUT2D eigenvalue weighted by Gasteiger charge is 2.29. The average Bonchev–Trinajstić information content (AvgIpc) is 2.48. The Labute approximate surface area is 138 Å². The number of halogens is 2. The SMILES string of the molecule is CC(Oc1ccc(F)cc1Cl)C(=O)N1CCN(S(N)(=O)=O)CC1. The number of nitrogens with two attached hydrogens (primary N) is 1. The topological polar surface area (TPSA) is 92.9 Å². The van der Waals surface area contributed by atoms with Gasteiger partial charge in [0.2, 0.25) is 0 Å². The minimum Gasteiger partial charge on any atom is -0.479 e. The number of piperazine rings is 1. The Morgan fingerprint density at radius 3 is 2.48 bits per heavy atom.